The van der Waals surface area contributed by atoms with E-state index in [2.05, 4.69) is 21.7 Å². The van der Waals surface area contributed by atoms with E-state index in [9.17, 15) is 10.1 Å². The van der Waals surface area contributed by atoms with Crippen LogP contribution in [0.4, 0.5) is 5.69 Å². The molecule has 118 valence electrons. The van der Waals surface area contributed by atoms with E-state index in [1.165, 1.54) is 12.1 Å². The van der Waals surface area contributed by atoms with Gasteiger partial charge in [-0.3, -0.25) is 10.1 Å². The van der Waals surface area contributed by atoms with Gasteiger partial charge in [0, 0.05) is 24.4 Å². The van der Waals surface area contributed by atoms with E-state index in [1.54, 1.807) is 35.2 Å². The van der Waals surface area contributed by atoms with Crippen LogP contribution < -0.4 is 0 Å². The number of rotatable bonds is 6. The summed E-state index contributed by atoms with van der Waals surface area (Å²) in [6.45, 7) is 2.86. The first-order valence-electron chi connectivity index (χ1n) is 7.02. The molecule has 3 rings (SSSR count). The molecule has 0 saturated heterocycles. The Morgan fingerprint density at radius 2 is 2.04 bits per heavy atom. The lowest BCUT2D eigenvalue weighted by Crippen LogP contribution is -1.99. The van der Waals surface area contributed by atoms with Crippen molar-refractivity contribution in [2.45, 2.75) is 24.4 Å². The fourth-order valence-corrected chi connectivity index (χ4v) is 3.81. The number of nitro benzene ring substituents is 1. The van der Waals surface area contributed by atoms with Gasteiger partial charge in [-0.15, -0.1) is 21.5 Å². The number of aromatic nitrogens is 3. The number of hydrogen-bond acceptors (Lipinski definition) is 6. The fourth-order valence-electron chi connectivity index (χ4n) is 2.13. The molecule has 0 fully saturated rings. The molecule has 2 heterocycles. The van der Waals surface area contributed by atoms with Gasteiger partial charge in [0.1, 0.15) is 0 Å². The molecule has 0 aliphatic heterocycles. The highest BCUT2D eigenvalue weighted by molar-refractivity contribution is 7.98. The molecule has 6 nitrogen and oxygen atoms in total. The van der Waals surface area contributed by atoms with Crippen molar-refractivity contribution in [2.24, 2.45) is 0 Å². The summed E-state index contributed by atoms with van der Waals surface area (Å²) in [5.41, 5.74) is 1.12. The normalized spacial score (nSPS) is 10.8. The maximum atomic E-state index is 10.7. The van der Waals surface area contributed by atoms with Crippen LogP contribution in [0.1, 0.15) is 12.5 Å². The summed E-state index contributed by atoms with van der Waals surface area (Å²) < 4.78 is 2.09. The van der Waals surface area contributed by atoms with Crippen LogP contribution in [0.25, 0.3) is 10.7 Å². The van der Waals surface area contributed by atoms with Gasteiger partial charge in [0.2, 0.25) is 0 Å². The Kier molecular flexibility index (Phi) is 4.73. The maximum Gasteiger partial charge on any atom is 0.269 e. The van der Waals surface area contributed by atoms with E-state index in [0.717, 1.165) is 28.0 Å². The molecule has 3 aromatic rings. The number of non-ortho nitro benzene ring substituents is 1. The van der Waals surface area contributed by atoms with Crippen LogP contribution in [0.5, 0.6) is 0 Å². The highest BCUT2D eigenvalue weighted by Gasteiger charge is 2.14. The zero-order valence-electron chi connectivity index (χ0n) is 12.4. The lowest BCUT2D eigenvalue weighted by Gasteiger charge is -2.06. The summed E-state index contributed by atoms with van der Waals surface area (Å²) in [5.74, 6) is 1.58. The SMILES string of the molecule is CCn1c(SCc2ccc([N+](=O)[O-])cc2)nnc1-c1cccs1. The van der Waals surface area contributed by atoms with Crippen molar-refractivity contribution in [1.29, 1.82) is 0 Å². The summed E-state index contributed by atoms with van der Waals surface area (Å²) in [6.07, 6.45) is 0. The third-order valence-electron chi connectivity index (χ3n) is 3.29. The molecule has 0 atom stereocenters. The van der Waals surface area contributed by atoms with Gasteiger partial charge < -0.3 is 4.57 Å². The Bertz CT molecular complexity index is 798. The van der Waals surface area contributed by atoms with Gasteiger partial charge in [-0.25, -0.2) is 0 Å². The van der Waals surface area contributed by atoms with Crippen molar-refractivity contribution >= 4 is 28.8 Å². The smallest absolute Gasteiger partial charge is 0.269 e. The Balaban J connectivity index is 1.74. The second-order valence-electron chi connectivity index (χ2n) is 4.74. The van der Waals surface area contributed by atoms with Crippen LogP contribution in [-0.2, 0) is 12.3 Å². The predicted molar refractivity (Wildman–Crippen MR) is 91.7 cm³/mol. The van der Waals surface area contributed by atoms with E-state index in [1.807, 2.05) is 17.5 Å². The minimum atomic E-state index is -0.391. The summed E-state index contributed by atoms with van der Waals surface area (Å²) in [4.78, 5) is 11.4. The zero-order chi connectivity index (χ0) is 16.2. The first-order chi connectivity index (χ1) is 11.2. The van der Waals surface area contributed by atoms with E-state index in [-0.39, 0.29) is 5.69 Å². The molecule has 2 aromatic heterocycles. The highest BCUT2D eigenvalue weighted by atomic mass is 32.2. The summed E-state index contributed by atoms with van der Waals surface area (Å²) in [6, 6.07) is 10.6. The minimum Gasteiger partial charge on any atom is -0.302 e. The molecule has 23 heavy (non-hydrogen) atoms. The average molecular weight is 346 g/mol. The third kappa shape index (κ3) is 3.43. The van der Waals surface area contributed by atoms with Crippen molar-refractivity contribution in [1.82, 2.24) is 14.8 Å². The summed E-state index contributed by atoms with van der Waals surface area (Å²) in [5, 5.41) is 22.1. The summed E-state index contributed by atoms with van der Waals surface area (Å²) in [7, 11) is 0. The van der Waals surface area contributed by atoms with Crippen LogP contribution in [0, 0.1) is 10.1 Å². The van der Waals surface area contributed by atoms with E-state index < -0.39 is 4.92 Å². The van der Waals surface area contributed by atoms with Gasteiger partial charge in [-0.1, -0.05) is 30.0 Å². The molecule has 0 N–H and O–H groups in total. The standard InChI is InChI=1S/C15H14N4O2S2/c1-2-18-14(13-4-3-9-22-13)16-17-15(18)23-10-11-5-7-12(8-6-11)19(20)21/h3-9H,2,10H2,1H3. The van der Waals surface area contributed by atoms with Crippen LogP contribution in [0.15, 0.2) is 46.9 Å². The van der Waals surface area contributed by atoms with Gasteiger partial charge in [0.05, 0.1) is 9.80 Å². The van der Waals surface area contributed by atoms with E-state index in [0.29, 0.717) is 5.75 Å². The molecule has 0 saturated carbocycles. The van der Waals surface area contributed by atoms with Crippen LogP contribution in [0.2, 0.25) is 0 Å². The number of benzene rings is 1. The molecular formula is C15H14N4O2S2. The van der Waals surface area contributed by atoms with Crippen LogP contribution >= 0.6 is 23.1 Å². The fraction of sp³-hybridized carbons (Fsp3) is 0.200. The van der Waals surface area contributed by atoms with Crippen molar-refractivity contribution in [3.8, 4) is 10.7 Å². The second-order valence-corrected chi connectivity index (χ2v) is 6.63. The third-order valence-corrected chi connectivity index (χ3v) is 5.19. The summed E-state index contributed by atoms with van der Waals surface area (Å²) >= 11 is 3.22. The first kappa shape index (κ1) is 15.7. The first-order valence-corrected chi connectivity index (χ1v) is 8.88. The Labute approximate surface area is 141 Å². The van der Waals surface area contributed by atoms with E-state index in [4.69, 9.17) is 0 Å². The molecular weight excluding hydrogens is 332 g/mol. The predicted octanol–water partition coefficient (Wildman–Crippen LogP) is 4.23. The number of thioether (sulfide) groups is 1. The molecule has 0 aliphatic rings. The maximum absolute atomic E-state index is 10.7. The number of hydrogen-bond donors (Lipinski definition) is 0. The van der Waals surface area contributed by atoms with Gasteiger partial charge >= 0.3 is 0 Å². The second kappa shape index (κ2) is 6.93. The Morgan fingerprint density at radius 1 is 1.26 bits per heavy atom. The molecule has 8 heteroatoms. The van der Waals surface area contributed by atoms with Crippen molar-refractivity contribution in [3.63, 3.8) is 0 Å². The zero-order valence-corrected chi connectivity index (χ0v) is 14.0. The number of nitrogens with zero attached hydrogens (tertiary/aromatic N) is 4. The van der Waals surface area contributed by atoms with Gasteiger partial charge in [-0.2, -0.15) is 0 Å². The van der Waals surface area contributed by atoms with Crippen molar-refractivity contribution < 1.29 is 4.92 Å². The van der Waals surface area contributed by atoms with Crippen molar-refractivity contribution in [2.75, 3.05) is 0 Å². The molecule has 0 aliphatic carbocycles. The highest BCUT2D eigenvalue weighted by Crippen LogP contribution is 2.29. The van der Waals surface area contributed by atoms with Gasteiger partial charge in [0.25, 0.3) is 5.69 Å². The topological polar surface area (TPSA) is 73.8 Å². The number of thiophene rings is 1. The quantitative estimate of drug-likeness (QED) is 0.379. The minimum absolute atomic E-state index is 0.107. The molecule has 0 amide bonds. The van der Waals surface area contributed by atoms with Crippen LogP contribution in [0.3, 0.4) is 0 Å². The molecule has 0 spiro atoms. The average Bonchev–Trinajstić information content (AvgIpc) is 3.22. The lowest BCUT2D eigenvalue weighted by molar-refractivity contribution is -0.384. The molecule has 1 aromatic carbocycles. The molecule has 0 radical (unpaired) electrons. The Hall–Kier alpha value is -2.19. The van der Waals surface area contributed by atoms with E-state index >= 15 is 0 Å². The van der Waals surface area contributed by atoms with Gasteiger partial charge in [0.15, 0.2) is 11.0 Å². The molecule has 0 bridgehead atoms. The van der Waals surface area contributed by atoms with Crippen LogP contribution in [-0.4, -0.2) is 19.7 Å². The largest absolute Gasteiger partial charge is 0.302 e. The molecule has 0 unspecified atom stereocenters. The van der Waals surface area contributed by atoms with Crippen molar-refractivity contribution in [3.05, 3.63) is 57.5 Å². The Morgan fingerprint density at radius 3 is 2.65 bits per heavy atom. The number of nitro groups is 1. The lowest BCUT2D eigenvalue weighted by atomic mass is 10.2. The van der Waals surface area contributed by atoms with Gasteiger partial charge in [-0.05, 0) is 23.9 Å². The monoisotopic (exact) mass is 346 g/mol.